The number of thiol groups is 2. The van der Waals surface area contributed by atoms with Gasteiger partial charge in [0.25, 0.3) is 0 Å². The molecule has 0 fully saturated rings. The third kappa shape index (κ3) is 3.52. The van der Waals surface area contributed by atoms with Gasteiger partial charge in [0.2, 0.25) is 0 Å². The van der Waals surface area contributed by atoms with Crippen molar-refractivity contribution < 1.29 is 0 Å². The second-order valence-corrected chi connectivity index (χ2v) is 6.64. The second-order valence-electron chi connectivity index (χ2n) is 4.94. The van der Waals surface area contributed by atoms with Crippen LogP contribution < -0.4 is 5.30 Å². The highest BCUT2D eigenvalue weighted by molar-refractivity contribution is 7.80. The van der Waals surface area contributed by atoms with Crippen LogP contribution >= 0.6 is 34.5 Å². The van der Waals surface area contributed by atoms with E-state index in [4.69, 9.17) is 0 Å². The lowest BCUT2D eigenvalue weighted by Crippen LogP contribution is -1.89. The number of rotatable bonds is 2. The Labute approximate surface area is 138 Å². The van der Waals surface area contributed by atoms with Crippen LogP contribution in [0.4, 0.5) is 0 Å². The lowest BCUT2D eigenvalue weighted by molar-refractivity contribution is 1.43. The summed E-state index contributed by atoms with van der Waals surface area (Å²) in [4.78, 5) is 1.93. The van der Waals surface area contributed by atoms with Gasteiger partial charge in [-0.15, -0.1) is 34.5 Å². The van der Waals surface area contributed by atoms with Gasteiger partial charge in [-0.2, -0.15) is 0 Å². The molecule has 3 aromatic rings. The number of benzene rings is 3. The maximum Gasteiger partial charge on any atom is 0.00523 e. The Hall–Kier alpha value is -1.21. The molecule has 1 atom stereocenters. The molecular weight excluding hydrogens is 311 g/mol. The van der Waals surface area contributed by atoms with Crippen molar-refractivity contribution in [2.75, 3.05) is 0 Å². The third-order valence-corrected chi connectivity index (χ3v) is 4.30. The van der Waals surface area contributed by atoms with Gasteiger partial charge < -0.3 is 0 Å². The molecule has 1 unspecified atom stereocenters. The van der Waals surface area contributed by atoms with Crippen LogP contribution in [0.5, 0.6) is 0 Å². The molecular formula is C18H15PS2. The maximum absolute atomic E-state index is 4.55. The van der Waals surface area contributed by atoms with E-state index in [0.29, 0.717) is 0 Å². The molecule has 0 heterocycles. The Morgan fingerprint density at radius 1 is 0.524 bits per heavy atom. The topological polar surface area (TPSA) is 0 Å². The first-order valence-electron chi connectivity index (χ1n) is 6.61. The third-order valence-electron chi connectivity index (χ3n) is 3.36. The Morgan fingerprint density at radius 2 is 1.00 bits per heavy atom. The number of hydrogen-bond acceptors (Lipinski definition) is 2. The summed E-state index contributed by atoms with van der Waals surface area (Å²) in [7, 11) is 2.71. The minimum absolute atomic E-state index is 0.965. The molecule has 0 N–H and O–H groups in total. The summed E-state index contributed by atoms with van der Waals surface area (Å²) >= 11 is 8.88. The Bertz CT molecular complexity index is 698. The molecule has 104 valence electrons. The molecule has 0 aliphatic heterocycles. The van der Waals surface area contributed by atoms with E-state index in [1.807, 2.05) is 12.1 Å². The standard InChI is InChI=1S/C18H15PS2/c19-16-5-1-12(2-6-16)14-9-15(11-18(21)10-14)13-3-7-17(20)8-4-13/h1-11,20-21H,19H2. The molecule has 0 aromatic heterocycles. The minimum Gasteiger partial charge on any atom is -0.143 e. The van der Waals surface area contributed by atoms with Crippen LogP contribution in [0.1, 0.15) is 0 Å². The van der Waals surface area contributed by atoms with E-state index in [0.717, 1.165) is 9.79 Å². The van der Waals surface area contributed by atoms with Crippen LogP contribution in [0.15, 0.2) is 76.5 Å². The molecule has 0 saturated heterocycles. The first-order chi connectivity index (χ1) is 10.1. The SMILES string of the molecule is Pc1ccc(-c2cc(S)cc(-c3ccc(S)cc3)c2)cc1. The van der Waals surface area contributed by atoms with Gasteiger partial charge in [-0.25, -0.2) is 0 Å². The fraction of sp³-hybridized carbons (Fsp3) is 0. The quantitative estimate of drug-likeness (QED) is 0.475. The van der Waals surface area contributed by atoms with Crippen molar-refractivity contribution in [3.8, 4) is 22.3 Å². The lowest BCUT2D eigenvalue weighted by atomic mass is 9.99. The predicted molar refractivity (Wildman–Crippen MR) is 101 cm³/mol. The van der Waals surface area contributed by atoms with Crippen molar-refractivity contribution in [3.63, 3.8) is 0 Å². The zero-order valence-corrected chi connectivity index (χ0v) is 14.3. The van der Waals surface area contributed by atoms with Crippen LogP contribution in [0.25, 0.3) is 22.3 Å². The summed E-state index contributed by atoms with van der Waals surface area (Å²) in [6.07, 6.45) is 0. The maximum atomic E-state index is 4.55. The molecule has 0 nitrogen and oxygen atoms in total. The van der Waals surface area contributed by atoms with Crippen molar-refractivity contribution in [2.45, 2.75) is 9.79 Å². The van der Waals surface area contributed by atoms with Gasteiger partial charge in [-0.3, -0.25) is 0 Å². The van der Waals surface area contributed by atoms with E-state index in [1.54, 1.807) is 0 Å². The molecule has 0 amide bonds. The first kappa shape index (κ1) is 14.7. The Morgan fingerprint density at radius 3 is 1.52 bits per heavy atom. The average molecular weight is 326 g/mol. The lowest BCUT2D eigenvalue weighted by Gasteiger charge is -2.09. The molecule has 0 aliphatic carbocycles. The van der Waals surface area contributed by atoms with Crippen molar-refractivity contribution in [1.29, 1.82) is 0 Å². The molecule has 3 aromatic carbocycles. The van der Waals surface area contributed by atoms with E-state index in [2.05, 4.69) is 89.1 Å². The second kappa shape index (κ2) is 6.27. The van der Waals surface area contributed by atoms with E-state index in [9.17, 15) is 0 Å². The molecule has 0 radical (unpaired) electrons. The zero-order chi connectivity index (χ0) is 14.8. The molecule has 3 heteroatoms. The summed E-state index contributed by atoms with van der Waals surface area (Å²) < 4.78 is 0. The van der Waals surface area contributed by atoms with E-state index in [1.165, 1.54) is 27.6 Å². The van der Waals surface area contributed by atoms with Crippen LogP contribution in [0, 0.1) is 0 Å². The highest BCUT2D eigenvalue weighted by atomic mass is 32.1. The van der Waals surface area contributed by atoms with Crippen molar-refractivity contribution in [3.05, 3.63) is 66.7 Å². The van der Waals surface area contributed by atoms with Gasteiger partial charge in [0.05, 0.1) is 0 Å². The van der Waals surface area contributed by atoms with E-state index < -0.39 is 0 Å². The largest absolute Gasteiger partial charge is 0.143 e. The summed E-state index contributed by atoms with van der Waals surface area (Å²) in [5.41, 5.74) is 4.72. The first-order valence-corrected chi connectivity index (χ1v) is 8.08. The minimum atomic E-state index is 0.965. The smallest absolute Gasteiger partial charge is 0.00523 e. The van der Waals surface area contributed by atoms with Crippen LogP contribution in [-0.2, 0) is 0 Å². The molecule has 0 saturated carbocycles. The van der Waals surface area contributed by atoms with Gasteiger partial charge in [0, 0.05) is 9.79 Å². The van der Waals surface area contributed by atoms with E-state index >= 15 is 0 Å². The fourth-order valence-electron chi connectivity index (χ4n) is 2.27. The van der Waals surface area contributed by atoms with Gasteiger partial charge in [-0.05, 0) is 57.9 Å². The van der Waals surface area contributed by atoms with Crippen LogP contribution in [0.3, 0.4) is 0 Å². The highest BCUT2D eigenvalue weighted by Gasteiger charge is 2.04. The monoisotopic (exact) mass is 326 g/mol. The van der Waals surface area contributed by atoms with Gasteiger partial charge >= 0.3 is 0 Å². The fourth-order valence-corrected chi connectivity index (χ4v) is 2.89. The normalized spacial score (nSPS) is 10.6. The van der Waals surface area contributed by atoms with Crippen molar-refractivity contribution >= 4 is 39.8 Å². The Kier molecular flexibility index (Phi) is 4.40. The number of hydrogen-bond donors (Lipinski definition) is 2. The molecule has 21 heavy (non-hydrogen) atoms. The molecule has 0 spiro atoms. The van der Waals surface area contributed by atoms with Gasteiger partial charge in [0.15, 0.2) is 0 Å². The summed E-state index contributed by atoms with van der Waals surface area (Å²) in [5, 5.41) is 1.19. The van der Waals surface area contributed by atoms with Crippen LogP contribution in [0.2, 0.25) is 0 Å². The highest BCUT2D eigenvalue weighted by Crippen LogP contribution is 2.30. The van der Waals surface area contributed by atoms with Gasteiger partial charge in [0.1, 0.15) is 0 Å². The average Bonchev–Trinajstić information content (AvgIpc) is 2.48. The summed E-state index contributed by atoms with van der Waals surface area (Å²) in [6, 6.07) is 23.0. The molecule has 0 bridgehead atoms. The van der Waals surface area contributed by atoms with Crippen LogP contribution in [-0.4, -0.2) is 0 Å². The van der Waals surface area contributed by atoms with E-state index in [-0.39, 0.29) is 0 Å². The molecule has 0 aliphatic rings. The van der Waals surface area contributed by atoms with Crippen molar-refractivity contribution in [1.82, 2.24) is 0 Å². The zero-order valence-electron chi connectivity index (χ0n) is 11.3. The Balaban J connectivity index is 2.07. The summed E-state index contributed by atoms with van der Waals surface area (Å²) in [5.74, 6) is 0. The van der Waals surface area contributed by atoms with Gasteiger partial charge in [-0.1, -0.05) is 36.4 Å². The molecule has 3 rings (SSSR count). The summed E-state index contributed by atoms with van der Waals surface area (Å²) in [6.45, 7) is 0. The van der Waals surface area contributed by atoms with Crippen molar-refractivity contribution in [2.24, 2.45) is 0 Å². The predicted octanol–water partition coefficient (Wildman–Crippen LogP) is 5.10.